The van der Waals surface area contributed by atoms with Crippen molar-refractivity contribution in [1.82, 2.24) is 15.1 Å². The van der Waals surface area contributed by atoms with Gasteiger partial charge in [0.05, 0.1) is 5.69 Å². The lowest BCUT2D eigenvalue weighted by Gasteiger charge is -2.05. The first-order chi connectivity index (χ1) is 7.72. The Morgan fingerprint density at radius 3 is 2.75 bits per heavy atom. The number of nitrogens with one attached hydrogen (secondary N) is 1. The molecule has 1 saturated carbocycles. The number of nitrogens with zero attached hydrogens (tertiary/aromatic N) is 2. The van der Waals surface area contributed by atoms with Crippen LogP contribution < -0.4 is 5.32 Å². The van der Waals surface area contributed by atoms with Crippen molar-refractivity contribution in [2.75, 3.05) is 6.54 Å². The van der Waals surface area contributed by atoms with E-state index in [4.69, 9.17) is 0 Å². The fourth-order valence-electron chi connectivity index (χ4n) is 2.21. The molecule has 1 aliphatic rings. The maximum Gasteiger partial charge on any atom is 0.0628 e. The summed E-state index contributed by atoms with van der Waals surface area (Å²) in [4.78, 5) is 0. The first-order valence-electron chi connectivity index (χ1n) is 6.48. The van der Waals surface area contributed by atoms with Crippen molar-refractivity contribution in [3.8, 4) is 0 Å². The van der Waals surface area contributed by atoms with Gasteiger partial charge in [0.15, 0.2) is 0 Å². The van der Waals surface area contributed by atoms with Crippen molar-refractivity contribution in [2.45, 2.75) is 59.0 Å². The van der Waals surface area contributed by atoms with E-state index < -0.39 is 0 Å². The smallest absolute Gasteiger partial charge is 0.0628 e. The Bertz CT molecular complexity index is 350. The highest BCUT2D eigenvalue weighted by Crippen LogP contribution is 2.19. The highest BCUT2D eigenvalue weighted by Gasteiger charge is 2.20. The average Bonchev–Trinajstić information content (AvgIpc) is 3.02. The zero-order chi connectivity index (χ0) is 11.5. The zero-order valence-corrected chi connectivity index (χ0v) is 10.7. The zero-order valence-electron chi connectivity index (χ0n) is 10.7. The van der Waals surface area contributed by atoms with Crippen molar-refractivity contribution >= 4 is 0 Å². The minimum absolute atomic E-state index is 0.811. The second-order valence-corrected chi connectivity index (χ2v) is 4.85. The Balaban J connectivity index is 1.95. The molecular formula is C13H23N3. The lowest BCUT2D eigenvalue weighted by atomic mass is 10.1. The Kier molecular flexibility index (Phi) is 3.64. The number of aromatic nitrogens is 2. The molecule has 0 aromatic carbocycles. The van der Waals surface area contributed by atoms with Crippen LogP contribution in [0.2, 0.25) is 0 Å². The van der Waals surface area contributed by atoms with Crippen LogP contribution in [-0.4, -0.2) is 22.4 Å². The SMILES string of the molecule is CCCn1nc(C)c(CCNC2CC2)c1C. The predicted octanol–water partition coefficient (Wildman–Crippen LogP) is 2.20. The second-order valence-electron chi connectivity index (χ2n) is 4.85. The van der Waals surface area contributed by atoms with E-state index in [0.717, 1.165) is 32.0 Å². The van der Waals surface area contributed by atoms with E-state index >= 15 is 0 Å². The number of aryl methyl sites for hydroxylation is 2. The van der Waals surface area contributed by atoms with E-state index in [1.807, 2.05) is 0 Å². The molecule has 3 heteroatoms. The van der Waals surface area contributed by atoms with Gasteiger partial charge in [0.2, 0.25) is 0 Å². The van der Waals surface area contributed by atoms with Crippen LogP contribution in [0.15, 0.2) is 0 Å². The predicted molar refractivity (Wildman–Crippen MR) is 66.7 cm³/mol. The number of hydrogen-bond acceptors (Lipinski definition) is 2. The minimum Gasteiger partial charge on any atom is -0.314 e. The Hall–Kier alpha value is -0.830. The third-order valence-electron chi connectivity index (χ3n) is 3.35. The van der Waals surface area contributed by atoms with Gasteiger partial charge in [-0.3, -0.25) is 4.68 Å². The molecule has 0 atom stereocenters. The lowest BCUT2D eigenvalue weighted by Crippen LogP contribution is -2.19. The van der Waals surface area contributed by atoms with E-state index in [0.29, 0.717) is 0 Å². The van der Waals surface area contributed by atoms with E-state index in [2.05, 4.69) is 35.9 Å². The minimum atomic E-state index is 0.811. The Morgan fingerprint density at radius 1 is 1.38 bits per heavy atom. The van der Waals surface area contributed by atoms with Gasteiger partial charge in [-0.25, -0.2) is 0 Å². The Labute approximate surface area is 98.2 Å². The topological polar surface area (TPSA) is 29.9 Å². The van der Waals surface area contributed by atoms with Gasteiger partial charge >= 0.3 is 0 Å². The average molecular weight is 221 g/mol. The summed E-state index contributed by atoms with van der Waals surface area (Å²) in [6, 6.07) is 0.811. The summed E-state index contributed by atoms with van der Waals surface area (Å²) < 4.78 is 2.15. The van der Waals surface area contributed by atoms with Crippen molar-refractivity contribution in [3.05, 3.63) is 17.0 Å². The van der Waals surface area contributed by atoms with Gasteiger partial charge in [-0.2, -0.15) is 5.10 Å². The normalized spacial score (nSPS) is 15.7. The summed E-state index contributed by atoms with van der Waals surface area (Å²) in [5, 5.41) is 8.17. The quantitative estimate of drug-likeness (QED) is 0.798. The number of hydrogen-bond donors (Lipinski definition) is 1. The summed E-state index contributed by atoms with van der Waals surface area (Å²) in [6.07, 6.45) is 5.01. The van der Waals surface area contributed by atoms with Gasteiger partial charge in [0.1, 0.15) is 0 Å². The molecule has 1 aromatic heterocycles. The summed E-state index contributed by atoms with van der Waals surface area (Å²) in [5.41, 5.74) is 4.02. The molecule has 16 heavy (non-hydrogen) atoms. The summed E-state index contributed by atoms with van der Waals surface area (Å²) >= 11 is 0. The monoisotopic (exact) mass is 221 g/mol. The summed E-state index contributed by atoms with van der Waals surface area (Å²) in [5.74, 6) is 0. The molecule has 3 nitrogen and oxygen atoms in total. The first kappa shape index (κ1) is 11.6. The molecule has 0 aliphatic heterocycles. The van der Waals surface area contributed by atoms with E-state index in [1.54, 1.807) is 0 Å². The van der Waals surface area contributed by atoms with Crippen LogP contribution in [0.4, 0.5) is 0 Å². The molecule has 0 spiro atoms. The fraction of sp³-hybridized carbons (Fsp3) is 0.769. The molecule has 1 N–H and O–H groups in total. The van der Waals surface area contributed by atoms with E-state index in [9.17, 15) is 0 Å². The van der Waals surface area contributed by atoms with Crippen LogP contribution in [0.5, 0.6) is 0 Å². The van der Waals surface area contributed by atoms with Crippen LogP contribution in [0.25, 0.3) is 0 Å². The first-order valence-corrected chi connectivity index (χ1v) is 6.48. The standard InChI is InChI=1S/C13H23N3/c1-4-9-16-11(3)13(10(2)15-16)7-8-14-12-5-6-12/h12,14H,4-9H2,1-3H3. The molecule has 90 valence electrons. The van der Waals surface area contributed by atoms with Crippen molar-refractivity contribution < 1.29 is 0 Å². The molecule has 0 unspecified atom stereocenters. The molecule has 1 heterocycles. The molecule has 0 bridgehead atoms. The van der Waals surface area contributed by atoms with Crippen molar-refractivity contribution in [3.63, 3.8) is 0 Å². The van der Waals surface area contributed by atoms with E-state index in [-0.39, 0.29) is 0 Å². The summed E-state index contributed by atoms with van der Waals surface area (Å²) in [7, 11) is 0. The molecule has 2 rings (SSSR count). The largest absolute Gasteiger partial charge is 0.314 e. The molecule has 1 aliphatic carbocycles. The van der Waals surface area contributed by atoms with Crippen LogP contribution in [0.1, 0.15) is 43.1 Å². The third kappa shape index (κ3) is 2.64. The molecule has 0 saturated heterocycles. The van der Waals surface area contributed by atoms with Gasteiger partial charge in [-0.1, -0.05) is 6.92 Å². The molecule has 0 amide bonds. The van der Waals surface area contributed by atoms with Gasteiger partial charge in [-0.05, 0) is 51.6 Å². The highest BCUT2D eigenvalue weighted by molar-refractivity contribution is 5.24. The maximum absolute atomic E-state index is 4.60. The lowest BCUT2D eigenvalue weighted by molar-refractivity contribution is 0.582. The van der Waals surface area contributed by atoms with Gasteiger partial charge < -0.3 is 5.32 Å². The molecule has 1 fully saturated rings. The van der Waals surface area contributed by atoms with Crippen molar-refractivity contribution in [2.24, 2.45) is 0 Å². The molecule has 1 aromatic rings. The second kappa shape index (κ2) is 5.00. The maximum atomic E-state index is 4.60. The van der Waals surface area contributed by atoms with Crippen LogP contribution in [-0.2, 0) is 13.0 Å². The van der Waals surface area contributed by atoms with Gasteiger partial charge in [0, 0.05) is 18.3 Å². The fourth-order valence-corrected chi connectivity index (χ4v) is 2.21. The molecular weight excluding hydrogens is 198 g/mol. The summed E-state index contributed by atoms with van der Waals surface area (Å²) in [6.45, 7) is 8.67. The van der Waals surface area contributed by atoms with Crippen molar-refractivity contribution in [1.29, 1.82) is 0 Å². The van der Waals surface area contributed by atoms with Crippen LogP contribution in [0.3, 0.4) is 0 Å². The van der Waals surface area contributed by atoms with Crippen LogP contribution >= 0.6 is 0 Å². The van der Waals surface area contributed by atoms with Crippen LogP contribution in [0, 0.1) is 13.8 Å². The highest BCUT2D eigenvalue weighted by atomic mass is 15.3. The van der Waals surface area contributed by atoms with E-state index in [1.165, 1.54) is 29.8 Å². The molecule has 0 radical (unpaired) electrons. The number of rotatable bonds is 6. The third-order valence-corrected chi connectivity index (χ3v) is 3.35. The van der Waals surface area contributed by atoms with Gasteiger partial charge in [-0.15, -0.1) is 0 Å². The van der Waals surface area contributed by atoms with Gasteiger partial charge in [0.25, 0.3) is 0 Å². The Morgan fingerprint density at radius 2 is 2.12 bits per heavy atom.